The van der Waals surface area contributed by atoms with Crippen molar-refractivity contribution in [3.63, 3.8) is 0 Å². The molecule has 9 heteroatoms. The normalized spacial score (nSPS) is 23.0. The molecule has 3 aliphatic rings. The van der Waals surface area contributed by atoms with Crippen molar-refractivity contribution in [1.29, 1.82) is 0 Å². The first kappa shape index (κ1) is 23.0. The number of nitrogens with zero attached hydrogens (tertiary/aromatic N) is 2. The number of likely N-dealkylation sites (tertiary alicyclic amines) is 1. The predicted octanol–water partition coefficient (Wildman–Crippen LogP) is 2.00. The SMILES string of the molecule is CCOc1ccc(S(=O)(=O)N2CCC(C(=O)N3CCCC(C(=O)NC4CC4)C3)CC2)cc1. The van der Waals surface area contributed by atoms with Crippen molar-refractivity contribution < 1.29 is 22.7 Å². The summed E-state index contributed by atoms with van der Waals surface area (Å²) in [6.45, 7) is 4.20. The molecular weight excluding hydrogens is 430 g/mol. The first-order chi connectivity index (χ1) is 15.4. The minimum Gasteiger partial charge on any atom is -0.494 e. The third kappa shape index (κ3) is 5.26. The molecule has 0 spiro atoms. The molecule has 1 aromatic rings. The number of rotatable bonds is 7. The van der Waals surface area contributed by atoms with Crippen molar-refractivity contribution in [2.24, 2.45) is 11.8 Å². The van der Waals surface area contributed by atoms with Crippen LogP contribution in [0.15, 0.2) is 29.2 Å². The van der Waals surface area contributed by atoms with Gasteiger partial charge < -0.3 is 15.0 Å². The van der Waals surface area contributed by atoms with Gasteiger partial charge in [-0.2, -0.15) is 4.31 Å². The van der Waals surface area contributed by atoms with Crippen LogP contribution in [-0.4, -0.2) is 68.3 Å². The van der Waals surface area contributed by atoms with E-state index in [0.29, 0.717) is 57.4 Å². The van der Waals surface area contributed by atoms with Gasteiger partial charge in [0.25, 0.3) is 0 Å². The van der Waals surface area contributed by atoms with Gasteiger partial charge in [-0.1, -0.05) is 0 Å². The van der Waals surface area contributed by atoms with Crippen LogP contribution in [0.3, 0.4) is 0 Å². The molecule has 4 rings (SSSR count). The first-order valence-corrected chi connectivity index (χ1v) is 13.1. The number of amides is 2. The highest BCUT2D eigenvalue weighted by Crippen LogP contribution is 2.28. The summed E-state index contributed by atoms with van der Waals surface area (Å²) < 4.78 is 32.8. The molecule has 1 aromatic carbocycles. The second-order valence-electron chi connectivity index (χ2n) is 8.99. The molecule has 2 aliphatic heterocycles. The average molecular weight is 464 g/mol. The Labute approximate surface area is 190 Å². The van der Waals surface area contributed by atoms with Gasteiger partial charge in [0, 0.05) is 38.1 Å². The maximum absolute atomic E-state index is 13.1. The molecule has 32 heavy (non-hydrogen) atoms. The summed E-state index contributed by atoms with van der Waals surface area (Å²) >= 11 is 0. The predicted molar refractivity (Wildman–Crippen MR) is 120 cm³/mol. The van der Waals surface area contributed by atoms with E-state index in [2.05, 4.69) is 5.32 Å². The first-order valence-electron chi connectivity index (χ1n) is 11.7. The Morgan fingerprint density at radius 2 is 1.69 bits per heavy atom. The Bertz CT molecular complexity index is 921. The van der Waals surface area contributed by atoms with E-state index in [4.69, 9.17) is 4.74 Å². The Morgan fingerprint density at radius 1 is 1.00 bits per heavy atom. The van der Waals surface area contributed by atoms with Gasteiger partial charge in [-0.25, -0.2) is 8.42 Å². The number of nitrogens with one attached hydrogen (secondary N) is 1. The molecule has 0 bridgehead atoms. The van der Waals surface area contributed by atoms with Crippen molar-refractivity contribution in [2.45, 2.75) is 56.4 Å². The van der Waals surface area contributed by atoms with Crippen LogP contribution in [0.4, 0.5) is 0 Å². The van der Waals surface area contributed by atoms with E-state index in [-0.39, 0.29) is 28.5 Å². The average Bonchev–Trinajstić information content (AvgIpc) is 3.63. The molecule has 1 unspecified atom stereocenters. The van der Waals surface area contributed by atoms with Crippen LogP contribution in [0.25, 0.3) is 0 Å². The molecule has 0 radical (unpaired) electrons. The summed E-state index contributed by atoms with van der Waals surface area (Å²) in [7, 11) is -3.59. The van der Waals surface area contributed by atoms with E-state index in [1.807, 2.05) is 11.8 Å². The fraction of sp³-hybridized carbons (Fsp3) is 0.652. The third-order valence-electron chi connectivity index (χ3n) is 6.60. The highest BCUT2D eigenvalue weighted by molar-refractivity contribution is 7.89. The zero-order chi connectivity index (χ0) is 22.7. The molecule has 2 heterocycles. The molecule has 8 nitrogen and oxygen atoms in total. The molecule has 2 saturated heterocycles. The number of sulfonamides is 1. The molecular formula is C23H33N3O5S. The van der Waals surface area contributed by atoms with E-state index in [9.17, 15) is 18.0 Å². The van der Waals surface area contributed by atoms with Crippen molar-refractivity contribution in [3.05, 3.63) is 24.3 Å². The van der Waals surface area contributed by atoms with E-state index >= 15 is 0 Å². The summed E-state index contributed by atoms with van der Waals surface area (Å²) in [6.07, 6.45) is 4.77. The maximum atomic E-state index is 13.1. The summed E-state index contributed by atoms with van der Waals surface area (Å²) in [5, 5.41) is 3.05. The van der Waals surface area contributed by atoms with Gasteiger partial charge in [-0.05, 0) is 69.7 Å². The van der Waals surface area contributed by atoms with Gasteiger partial charge >= 0.3 is 0 Å². The van der Waals surface area contributed by atoms with Crippen LogP contribution in [-0.2, 0) is 19.6 Å². The molecule has 3 fully saturated rings. The Kier molecular flexibility index (Phi) is 7.05. The molecule has 2 amide bonds. The van der Waals surface area contributed by atoms with Crippen LogP contribution in [0.1, 0.15) is 45.4 Å². The van der Waals surface area contributed by atoms with Crippen LogP contribution >= 0.6 is 0 Å². The number of hydrogen-bond acceptors (Lipinski definition) is 5. The zero-order valence-corrected chi connectivity index (χ0v) is 19.5. The Balaban J connectivity index is 1.31. The van der Waals surface area contributed by atoms with Crippen LogP contribution in [0.2, 0.25) is 0 Å². The van der Waals surface area contributed by atoms with E-state index in [0.717, 1.165) is 25.7 Å². The standard InChI is InChI=1S/C23H33N3O5S/c1-2-31-20-7-9-21(10-8-20)32(29,30)26-14-11-17(12-15-26)23(28)25-13-3-4-18(16-25)22(27)24-19-5-6-19/h7-10,17-19H,2-6,11-16H2,1H3,(H,24,27). The van der Waals surface area contributed by atoms with Crippen molar-refractivity contribution >= 4 is 21.8 Å². The van der Waals surface area contributed by atoms with Crippen LogP contribution in [0, 0.1) is 11.8 Å². The van der Waals surface area contributed by atoms with Gasteiger partial charge in [-0.3, -0.25) is 9.59 Å². The summed E-state index contributed by atoms with van der Waals surface area (Å²) in [5.41, 5.74) is 0. The van der Waals surface area contributed by atoms with Crippen molar-refractivity contribution in [3.8, 4) is 5.75 Å². The van der Waals surface area contributed by atoms with Crippen molar-refractivity contribution in [2.75, 3.05) is 32.8 Å². The number of benzene rings is 1. The quantitative estimate of drug-likeness (QED) is 0.667. The van der Waals surface area contributed by atoms with E-state index in [1.54, 1.807) is 24.3 Å². The fourth-order valence-corrected chi connectivity index (χ4v) is 6.03. The summed E-state index contributed by atoms with van der Waals surface area (Å²) in [5.74, 6) is 0.454. The lowest BCUT2D eigenvalue weighted by atomic mass is 9.92. The monoisotopic (exact) mass is 463 g/mol. The maximum Gasteiger partial charge on any atom is 0.243 e. The van der Waals surface area contributed by atoms with Gasteiger partial charge in [0.1, 0.15) is 5.75 Å². The van der Waals surface area contributed by atoms with Crippen LogP contribution < -0.4 is 10.1 Å². The lowest BCUT2D eigenvalue weighted by Gasteiger charge is -2.37. The number of hydrogen-bond donors (Lipinski definition) is 1. The topological polar surface area (TPSA) is 96.0 Å². The number of carbonyl (C=O) groups is 2. The molecule has 1 N–H and O–H groups in total. The fourth-order valence-electron chi connectivity index (χ4n) is 4.56. The van der Waals surface area contributed by atoms with Gasteiger partial charge in [0.2, 0.25) is 21.8 Å². The third-order valence-corrected chi connectivity index (χ3v) is 8.52. The second-order valence-corrected chi connectivity index (χ2v) is 10.9. The van der Waals surface area contributed by atoms with E-state index in [1.165, 1.54) is 4.31 Å². The lowest BCUT2D eigenvalue weighted by Crippen LogP contribution is -2.49. The highest BCUT2D eigenvalue weighted by atomic mass is 32.2. The number of carbonyl (C=O) groups excluding carboxylic acids is 2. The number of ether oxygens (including phenoxy) is 1. The van der Waals surface area contributed by atoms with Crippen molar-refractivity contribution in [1.82, 2.24) is 14.5 Å². The number of piperidine rings is 2. The van der Waals surface area contributed by atoms with Gasteiger partial charge in [0.05, 0.1) is 17.4 Å². The zero-order valence-electron chi connectivity index (χ0n) is 18.7. The molecule has 1 atom stereocenters. The molecule has 1 saturated carbocycles. The molecule has 0 aromatic heterocycles. The molecule has 176 valence electrons. The summed E-state index contributed by atoms with van der Waals surface area (Å²) in [4.78, 5) is 27.6. The lowest BCUT2D eigenvalue weighted by molar-refractivity contribution is -0.140. The highest BCUT2D eigenvalue weighted by Gasteiger charge is 2.37. The smallest absolute Gasteiger partial charge is 0.243 e. The van der Waals surface area contributed by atoms with E-state index < -0.39 is 10.0 Å². The Morgan fingerprint density at radius 3 is 2.31 bits per heavy atom. The van der Waals surface area contributed by atoms with Crippen LogP contribution in [0.5, 0.6) is 5.75 Å². The minimum absolute atomic E-state index is 0.0621. The minimum atomic E-state index is -3.59. The van der Waals surface area contributed by atoms with Gasteiger partial charge in [-0.15, -0.1) is 0 Å². The summed E-state index contributed by atoms with van der Waals surface area (Å²) in [6, 6.07) is 6.80. The largest absolute Gasteiger partial charge is 0.494 e. The van der Waals surface area contributed by atoms with Gasteiger partial charge in [0.15, 0.2) is 0 Å². The second kappa shape index (κ2) is 9.79. The Hall–Kier alpha value is -2.13. The molecule has 1 aliphatic carbocycles.